The molecule has 2 nitrogen and oxygen atoms in total. The number of rotatable bonds is 5. The molecule has 6 heteroatoms. The van der Waals surface area contributed by atoms with E-state index in [1.807, 2.05) is 19.2 Å². The van der Waals surface area contributed by atoms with Crippen LogP contribution in [0.3, 0.4) is 0 Å². The van der Waals surface area contributed by atoms with Gasteiger partial charge in [0.2, 0.25) is 0 Å². The van der Waals surface area contributed by atoms with Crippen LogP contribution >= 0.6 is 43.5 Å². The van der Waals surface area contributed by atoms with Crippen LogP contribution in [0.4, 0.5) is 4.39 Å². The van der Waals surface area contributed by atoms with Crippen LogP contribution in [0.2, 0.25) is 5.02 Å². The molecule has 112 valence electrons. The van der Waals surface area contributed by atoms with Crippen LogP contribution in [-0.4, -0.2) is 7.05 Å². The monoisotopic (exact) mass is 435 g/mol. The molecule has 0 aliphatic carbocycles. The molecule has 0 unspecified atom stereocenters. The fourth-order valence-corrected chi connectivity index (χ4v) is 3.56. The minimum absolute atomic E-state index is 0.0940. The zero-order valence-electron chi connectivity index (χ0n) is 11.2. The Morgan fingerprint density at radius 3 is 2.52 bits per heavy atom. The number of hydrogen-bond donors (Lipinski definition) is 1. The molecular formula is C15H13Br2ClFNO. The molecule has 0 saturated heterocycles. The van der Waals surface area contributed by atoms with Crippen molar-refractivity contribution in [1.29, 1.82) is 0 Å². The van der Waals surface area contributed by atoms with Gasteiger partial charge in [-0.25, -0.2) is 4.39 Å². The third-order valence-electron chi connectivity index (χ3n) is 2.84. The first-order valence-corrected chi connectivity index (χ1v) is 8.17. The lowest BCUT2D eigenvalue weighted by atomic mass is 10.2. The largest absolute Gasteiger partial charge is 0.486 e. The summed E-state index contributed by atoms with van der Waals surface area (Å²) < 4.78 is 20.8. The van der Waals surface area contributed by atoms with Gasteiger partial charge in [-0.1, -0.05) is 23.7 Å². The van der Waals surface area contributed by atoms with Gasteiger partial charge in [0.05, 0.1) is 14.0 Å². The predicted molar refractivity (Wildman–Crippen MR) is 90.3 cm³/mol. The number of hydrogen-bond acceptors (Lipinski definition) is 2. The SMILES string of the molecule is CNCc1cc(Br)c(OCc2cccc(F)c2Cl)c(Br)c1. The highest BCUT2D eigenvalue weighted by molar-refractivity contribution is 9.11. The van der Waals surface area contributed by atoms with Crippen LogP contribution in [0.25, 0.3) is 0 Å². The van der Waals surface area contributed by atoms with E-state index in [1.165, 1.54) is 6.07 Å². The molecule has 2 aromatic carbocycles. The van der Waals surface area contributed by atoms with E-state index in [0.717, 1.165) is 21.1 Å². The fourth-order valence-electron chi connectivity index (χ4n) is 1.87. The van der Waals surface area contributed by atoms with Crippen LogP contribution in [0, 0.1) is 5.82 Å². The first-order valence-electron chi connectivity index (χ1n) is 6.21. The van der Waals surface area contributed by atoms with E-state index < -0.39 is 5.82 Å². The van der Waals surface area contributed by atoms with Crippen LogP contribution in [0.15, 0.2) is 39.3 Å². The standard InChI is InChI=1S/C15H13Br2ClFNO/c1-20-7-9-5-11(16)15(12(17)6-9)21-8-10-3-2-4-13(19)14(10)18/h2-6,20H,7-8H2,1H3. The minimum atomic E-state index is -0.444. The van der Waals surface area contributed by atoms with Crippen molar-refractivity contribution in [3.8, 4) is 5.75 Å². The number of nitrogens with one attached hydrogen (secondary N) is 1. The summed E-state index contributed by atoms with van der Waals surface area (Å²) in [5, 5.41) is 3.18. The number of ether oxygens (including phenoxy) is 1. The Bertz CT molecular complexity index is 629. The van der Waals surface area contributed by atoms with Gasteiger partial charge in [-0.3, -0.25) is 0 Å². The van der Waals surface area contributed by atoms with Gasteiger partial charge in [0.15, 0.2) is 0 Å². The van der Waals surface area contributed by atoms with Gasteiger partial charge in [-0.15, -0.1) is 0 Å². The van der Waals surface area contributed by atoms with Crippen molar-refractivity contribution in [2.75, 3.05) is 7.05 Å². The molecule has 0 fully saturated rings. The molecule has 2 aromatic rings. The van der Waals surface area contributed by atoms with E-state index in [1.54, 1.807) is 12.1 Å². The Balaban J connectivity index is 2.18. The average Bonchev–Trinajstić information content (AvgIpc) is 2.42. The average molecular weight is 438 g/mol. The second-order valence-electron chi connectivity index (χ2n) is 4.42. The first kappa shape index (κ1) is 16.7. The summed E-state index contributed by atoms with van der Waals surface area (Å²) in [6.07, 6.45) is 0. The zero-order valence-corrected chi connectivity index (χ0v) is 15.1. The third-order valence-corrected chi connectivity index (χ3v) is 4.44. The summed E-state index contributed by atoms with van der Waals surface area (Å²) in [5.41, 5.74) is 1.72. The quantitative estimate of drug-likeness (QED) is 0.685. The van der Waals surface area contributed by atoms with E-state index in [0.29, 0.717) is 11.3 Å². The Kier molecular flexibility index (Phi) is 6.05. The van der Waals surface area contributed by atoms with Crippen molar-refractivity contribution in [2.45, 2.75) is 13.2 Å². The van der Waals surface area contributed by atoms with Crippen LogP contribution in [0.1, 0.15) is 11.1 Å². The summed E-state index contributed by atoms with van der Waals surface area (Å²) >= 11 is 12.9. The van der Waals surface area contributed by atoms with E-state index in [9.17, 15) is 4.39 Å². The molecule has 21 heavy (non-hydrogen) atoms. The zero-order chi connectivity index (χ0) is 15.4. The molecule has 0 atom stereocenters. The van der Waals surface area contributed by atoms with Gasteiger partial charge in [0.1, 0.15) is 18.2 Å². The van der Waals surface area contributed by atoms with E-state index in [-0.39, 0.29) is 11.6 Å². The lowest BCUT2D eigenvalue weighted by molar-refractivity contribution is 0.301. The highest BCUT2D eigenvalue weighted by Gasteiger charge is 2.11. The molecule has 0 radical (unpaired) electrons. The van der Waals surface area contributed by atoms with Crippen LogP contribution < -0.4 is 10.1 Å². The maximum atomic E-state index is 13.4. The number of halogens is 4. The van der Waals surface area contributed by atoms with Crippen LogP contribution in [0.5, 0.6) is 5.75 Å². The molecule has 0 aliphatic heterocycles. The minimum Gasteiger partial charge on any atom is -0.486 e. The summed E-state index contributed by atoms with van der Waals surface area (Å²) in [6, 6.07) is 8.63. The van der Waals surface area contributed by atoms with Gasteiger partial charge in [0.25, 0.3) is 0 Å². The van der Waals surface area contributed by atoms with Crippen molar-refractivity contribution < 1.29 is 9.13 Å². The molecule has 0 saturated carbocycles. The Hall–Kier alpha value is -0.620. The molecule has 2 rings (SSSR count). The van der Waals surface area contributed by atoms with Crippen molar-refractivity contribution in [2.24, 2.45) is 0 Å². The van der Waals surface area contributed by atoms with E-state index in [4.69, 9.17) is 16.3 Å². The van der Waals surface area contributed by atoms with Crippen molar-refractivity contribution in [1.82, 2.24) is 5.32 Å². The topological polar surface area (TPSA) is 21.3 Å². The summed E-state index contributed by atoms with van der Waals surface area (Å²) in [7, 11) is 1.89. The highest BCUT2D eigenvalue weighted by atomic mass is 79.9. The predicted octanol–water partition coefficient (Wildman–Crippen LogP) is 5.30. The van der Waals surface area contributed by atoms with Gasteiger partial charge in [-0.2, -0.15) is 0 Å². The van der Waals surface area contributed by atoms with Gasteiger partial charge < -0.3 is 10.1 Å². The number of benzene rings is 2. The Morgan fingerprint density at radius 1 is 1.24 bits per heavy atom. The Morgan fingerprint density at radius 2 is 1.90 bits per heavy atom. The van der Waals surface area contributed by atoms with Crippen molar-refractivity contribution in [3.05, 3.63) is 61.2 Å². The summed E-state index contributed by atoms with van der Waals surface area (Å²) in [4.78, 5) is 0. The Labute approximate surface area is 144 Å². The van der Waals surface area contributed by atoms with E-state index >= 15 is 0 Å². The van der Waals surface area contributed by atoms with Crippen LogP contribution in [-0.2, 0) is 13.2 Å². The molecule has 0 bridgehead atoms. The normalized spacial score (nSPS) is 10.7. The van der Waals surface area contributed by atoms with E-state index in [2.05, 4.69) is 37.2 Å². The second kappa shape index (κ2) is 7.58. The molecular weight excluding hydrogens is 424 g/mol. The molecule has 1 N–H and O–H groups in total. The lowest BCUT2D eigenvalue weighted by Gasteiger charge is -2.13. The smallest absolute Gasteiger partial charge is 0.148 e. The maximum Gasteiger partial charge on any atom is 0.148 e. The second-order valence-corrected chi connectivity index (χ2v) is 6.51. The van der Waals surface area contributed by atoms with Gasteiger partial charge in [0, 0.05) is 12.1 Å². The molecule has 0 spiro atoms. The summed E-state index contributed by atoms with van der Waals surface area (Å²) in [6.45, 7) is 0.951. The highest BCUT2D eigenvalue weighted by Crippen LogP contribution is 2.35. The van der Waals surface area contributed by atoms with Gasteiger partial charge in [-0.05, 0) is 62.7 Å². The first-order chi connectivity index (χ1) is 10.0. The molecule has 0 amide bonds. The summed E-state index contributed by atoms with van der Waals surface area (Å²) in [5.74, 6) is 0.218. The molecule has 0 heterocycles. The molecule has 0 aromatic heterocycles. The molecule has 0 aliphatic rings. The van der Waals surface area contributed by atoms with Crippen molar-refractivity contribution >= 4 is 43.5 Å². The maximum absolute atomic E-state index is 13.4. The fraction of sp³-hybridized carbons (Fsp3) is 0.200. The van der Waals surface area contributed by atoms with Crippen molar-refractivity contribution in [3.63, 3.8) is 0 Å². The van der Waals surface area contributed by atoms with Gasteiger partial charge >= 0.3 is 0 Å². The third kappa shape index (κ3) is 4.19. The lowest BCUT2D eigenvalue weighted by Crippen LogP contribution is -2.05.